The Morgan fingerprint density at radius 3 is 2.81 bits per heavy atom. The number of thioether (sulfide) groups is 1. The van der Waals surface area contributed by atoms with Gasteiger partial charge in [0.2, 0.25) is 0 Å². The van der Waals surface area contributed by atoms with E-state index < -0.39 is 0 Å². The van der Waals surface area contributed by atoms with Gasteiger partial charge in [0.1, 0.15) is 5.75 Å². The molecule has 0 unspecified atom stereocenters. The standard InChI is InChI=1S/C12H15NO2S/c1-13-12(14)9-4-3-5-10(11(9)16-2)15-8-6-7-8/h3-5,8H,6-7H2,1-2H3,(H,13,14). The molecule has 0 aromatic heterocycles. The number of nitrogens with one attached hydrogen (secondary N) is 1. The average molecular weight is 237 g/mol. The van der Waals surface area contributed by atoms with Crippen LogP contribution in [0.15, 0.2) is 23.1 Å². The molecule has 3 nitrogen and oxygen atoms in total. The number of carbonyl (C=O) groups is 1. The van der Waals surface area contributed by atoms with E-state index in [4.69, 9.17) is 4.74 Å². The SMILES string of the molecule is CNC(=O)c1cccc(OC2CC2)c1SC. The number of ether oxygens (including phenoxy) is 1. The van der Waals surface area contributed by atoms with Crippen molar-refractivity contribution in [2.45, 2.75) is 23.8 Å². The second kappa shape index (κ2) is 4.78. The van der Waals surface area contributed by atoms with Gasteiger partial charge in [-0.1, -0.05) is 6.07 Å². The molecule has 1 fully saturated rings. The largest absolute Gasteiger partial charge is 0.489 e. The van der Waals surface area contributed by atoms with Gasteiger partial charge in [-0.05, 0) is 31.2 Å². The Labute approximate surface area is 99.6 Å². The molecule has 4 heteroatoms. The Morgan fingerprint density at radius 2 is 2.25 bits per heavy atom. The lowest BCUT2D eigenvalue weighted by Crippen LogP contribution is -2.18. The van der Waals surface area contributed by atoms with Gasteiger partial charge in [0.05, 0.1) is 16.6 Å². The van der Waals surface area contributed by atoms with Crippen molar-refractivity contribution in [3.8, 4) is 5.75 Å². The van der Waals surface area contributed by atoms with Gasteiger partial charge in [-0.25, -0.2) is 0 Å². The molecule has 1 aliphatic carbocycles. The lowest BCUT2D eigenvalue weighted by Gasteiger charge is -2.12. The quantitative estimate of drug-likeness (QED) is 0.817. The summed E-state index contributed by atoms with van der Waals surface area (Å²) in [6, 6.07) is 5.61. The van der Waals surface area contributed by atoms with Crippen molar-refractivity contribution in [1.29, 1.82) is 0 Å². The van der Waals surface area contributed by atoms with E-state index >= 15 is 0 Å². The molecule has 1 aromatic rings. The molecule has 0 heterocycles. The van der Waals surface area contributed by atoms with E-state index in [0.29, 0.717) is 11.7 Å². The van der Waals surface area contributed by atoms with Crippen LogP contribution in [-0.4, -0.2) is 25.3 Å². The van der Waals surface area contributed by atoms with Crippen LogP contribution in [0.3, 0.4) is 0 Å². The maximum Gasteiger partial charge on any atom is 0.252 e. The molecule has 1 aromatic carbocycles. The van der Waals surface area contributed by atoms with Crippen LogP contribution < -0.4 is 10.1 Å². The van der Waals surface area contributed by atoms with Crippen LogP contribution in [0, 0.1) is 0 Å². The molecule has 0 spiro atoms. The molecular weight excluding hydrogens is 222 g/mol. The summed E-state index contributed by atoms with van der Waals surface area (Å²) in [5.74, 6) is 0.765. The highest BCUT2D eigenvalue weighted by molar-refractivity contribution is 7.98. The summed E-state index contributed by atoms with van der Waals surface area (Å²) in [5, 5.41) is 2.64. The first-order valence-corrected chi connectivity index (χ1v) is 6.54. The van der Waals surface area contributed by atoms with E-state index in [1.807, 2.05) is 24.5 Å². The van der Waals surface area contributed by atoms with Crippen LogP contribution in [0.5, 0.6) is 5.75 Å². The fourth-order valence-corrected chi connectivity index (χ4v) is 2.20. The monoisotopic (exact) mass is 237 g/mol. The van der Waals surface area contributed by atoms with E-state index in [1.54, 1.807) is 18.8 Å². The normalized spacial score (nSPS) is 14.6. The summed E-state index contributed by atoms with van der Waals surface area (Å²) in [7, 11) is 1.64. The highest BCUT2D eigenvalue weighted by Gasteiger charge is 2.25. The van der Waals surface area contributed by atoms with Crippen molar-refractivity contribution in [1.82, 2.24) is 5.32 Å². The molecule has 16 heavy (non-hydrogen) atoms. The molecule has 1 saturated carbocycles. The third-order valence-corrected chi connectivity index (χ3v) is 3.30. The van der Waals surface area contributed by atoms with E-state index in [9.17, 15) is 4.79 Å². The summed E-state index contributed by atoms with van der Waals surface area (Å²) in [4.78, 5) is 12.6. The van der Waals surface area contributed by atoms with Gasteiger partial charge in [0.15, 0.2) is 0 Å². The molecule has 1 aliphatic rings. The third-order valence-electron chi connectivity index (χ3n) is 2.47. The van der Waals surface area contributed by atoms with Gasteiger partial charge in [-0.3, -0.25) is 4.79 Å². The van der Waals surface area contributed by atoms with E-state index in [0.717, 1.165) is 23.5 Å². The molecule has 0 atom stereocenters. The first kappa shape index (κ1) is 11.3. The molecule has 0 aliphatic heterocycles. The average Bonchev–Trinajstić information content (AvgIpc) is 3.11. The fourth-order valence-electron chi connectivity index (χ4n) is 1.50. The first-order chi connectivity index (χ1) is 7.76. The number of hydrogen-bond donors (Lipinski definition) is 1. The molecular formula is C12H15NO2S. The van der Waals surface area contributed by atoms with Crippen LogP contribution in [-0.2, 0) is 0 Å². The molecule has 0 radical (unpaired) electrons. The van der Waals surface area contributed by atoms with E-state index in [2.05, 4.69) is 5.32 Å². The van der Waals surface area contributed by atoms with Gasteiger partial charge in [-0.15, -0.1) is 11.8 Å². The number of rotatable bonds is 4. The second-order valence-corrected chi connectivity index (χ2v) is 4.55. The highest BCUT2D eigenvalue weighted by atomic mass is 32.2. The minimum absolute atomic E-state index is 0.0643. The topological polar surface area (TPSA) is 38.3 Å². The van der Waals surface area contributed by atoms with Gasteiger partial charge in [0, 0.05) is 7.05 Å². The molecule has 86 valence electrons. The maximum absolute atomic E-state index is 11.7. The van der Waals surface area contributed by atoms with Gasteiger partial charge >= 0.3 is 0 Å². The van der Waals surface area contributed by atoms with Crippen molar-refractivity contribution in [2.24, 2.45) is 0 Å². The summed E-state index contributed by atoms with van der Waals surface area (Å²) in [6.45, 7) is 0. The van der Waals surface area contributed by atoms with Gasteiger partial charge < -0.3 is 10.1 Å². The minimum Gasteiger partial charge on any atom is -0.489 e. The Hall–Kier alpha value is -1.16. The maximum atomic E-state index is 11.7. The number of hydrogen-bond acceptors (Lipinski definition) is 3. The summed E-state index contributed by atoms with van der Waals surface area (Å²) in [5.41, 5.74) is 0.688. The second-order valence-electron chi connectivity index (χ2n) is 3.73. The molecule has 0 saturated heterocycles. The lowest BCUT2D eigenvalue weighted by molar-refractivity contribution is 0.0959. The Morgan fingerprint density at radius 1 is 1.50 bits per heavy atom. The zero-order valence-corrected chi connectivity index (χ0v) is 10.3. The summed E-state index contributed by atoms with van der Waals surface area (Å²) >= 11 is 1.55. The highest BCUT2D eigenvalue weighted by Crippen LogP contribution is 2.35. The molecule has 0 bridgehead atoms. The van der Waals surface area contributed by atoms with Crippen LogP contribution in [0.1, 0.15) is 23.2 Å². The van der Waals surface area contributed by atoms with E-state index in [-0.39, 0.29) is 5.91 Å². The van der Waals surface area contributed by atoms with Gasteiger partial charge in [-0.2, -0.15) is 0 Å². The predicted octanol–water partition coefficient (Wildman–Crippen LogP) is 2.31. The Balaban J connectivity index is 2.32. The van der Waals surface area contributed by atoms with Crippen LogP contribution in [0.4, 0.5) is 0 Å². The molecule has 2 rings (SSSR count). The van der Waals surface area contributed by atoms with Crippen LogP contribution in [0.2, 0.25) is 0 Å². The Bertz CT molecular complexity index is 402. The Kier molecular flexibility index (Phi) is 3.39. The zero-order chi connectivity index (χ0) is 11.5. The summed E-state index contributed by atoms with van der Waals surface area (Å²) in [6.07, 6.45) is 4.56. The first-order valence-electron chi connectivity index (χ1n) is 5.32. The van der Waals surface area contributed by atoms with Crippen LogP contribution in [0.25, 0.3) is 0 Å². The van der Waals surface area contributed by atoms with Crippen molar-refractivity contribution < 1.29 is 9.53 Å². The minimum atomic E-state index is -0.0643. The van der Waals surface area contributed by atoms with Crippen LogP contribution >= 0.6 is 11.8 Å². The smallest absolute Gasteiger partial charge is 0.252 e. The number of benzene rings is 1. The van der Waals surface area contributed by atoms with E-state index in [1.165, 1.54) is 0 Å². The van der Waals surface area contributed by atoms with Gasteiger partial charge in [0.25, 0.3) is 5.91 Å². The zero-order valence-electron chi connectivity index (χ0n) is 9.45. The fraction of sp³-hybridized carbons (Fsp3) is 0.417. The lowest BCUT2D eigenvalue weighted by atomic mass is 10.2. The number of amides is 1. The van der Waals surface area contributed by atoms with Crippen molar-refractivity contribution >= 4 is 17.7 Å². The summed E-state index contributed by atoms with van der Waals surface area (Å²) < 4.78 is 5.78. The predicted molar refractivity (Wildman–Crippen MR) is 65.3 cm³/mol. The third kappa shape index (κ3) is 2.32. The van der Waals surface area contributed by atoms with Crippen molar-refractivity contribution in [3.63, 3.8) is 0 Å². The molecule has 1 N–H and O–H groups in total. The van der Waals surface area contributed by atoms with Crippen molar-refractivity contribution in [3.05, 3.63) is 23.8 Å². The molecule has 1 amide bonds. The number of carbonyl (C=O) groups excluding carboxylic acids is 1. The van der Waals surface area contributed by atoms with Crippen molar-refractivity contribution in [2.75, 3.05) is 13.3 Å².